The van der Waals surface area contributed by atoms with Crippen molar-refractivity contribution in [2.45, 2.75) is 32.6 Å². The summed E-state index contributed by atoms with van der Waals surface area (Å²) < 4.78 is 5.01. The Balaban J connectivity index is 2.27. The van der Waals surface area contributed by atoms with E-state index >= 15 is 0 Å². The van der Waals surface area contributed by atoms with E-state index in [-0.39, 0.29) is 12.5 Å². The average Bonchev–Trinajstić information content (AvgIpc) is 2.49. The summed E-state index contributed by atoms with van der Waals surface area (Å²) in [5, 5.41) is 0. The molecule has 4 nitrogen and oxygen atoms in total. The highest BCUT2D eigenvalue weighted by Crippen LogP contribution is 2.03. The van der Waals surface area contributed by atoms with Crippen LogP contribution in [-0.4, -0.2) is 37.0 Å². The fourth-order valence-electron chi connectivity index (χ4n) is 1.80. The van der Waals surface area contributed by atoms with Crippen LogP contribution in [0.1, 0.15) is 43.0 Å². The standard InChI is InChI=1S/C16H23NO3/c1-3-4-5-9-12-17(2)15(18)13-20-16(19)14-10-7-6-8-11-14/h6-8,10-11H,3-5,9,12-13H2,1-2H3. The number of nitrogens with zero attached hydrogens (tertiary/aromatic N) is 1. The number of rotatable bonds is 8. The average molecular weight is 277 g/mol. The van der Waals surface area contributed by atoms with Crippen LogP contribution in [0.25, 0.3) is 0 Å². The third kappa shape index (κ3) is 5.87. The van der Waals surface area contributed by atoms with Crippen molar-refractivity contribution in [3.05, 3.63) is 35.9 Å². The molecule has 0 aliphatic carbocycles. The van der Waals surface area contributed by atoms with Gasteiger partial charge in [0.05, 0.1) is 5.56 Å². The summed E-state index contributed by atoms with van der Waals surface area (Å²) >= 11 is 0. The summed E-state index contributed by atoms with van der Waals surface area (Å²) in [5.41, 5.74) is 0.464. The predicted octanol–water partition coefficient (Wildman–Crippen LogP) is 2.88. The second kappa shape index (κ2) is 9.13. The summed E-state index contributed by atoms with van der Waals surface area (Å²) in [7, 11) is 1.74. The topological polar surface area (TPSA) is 46.6 Å². The van der Waals surface area contributed by atoms with Gasteiger partial charge in [0, 0.05) is 13.6 Å². The van der Waals surface area contributed by atoms with E-state index in [0.29, 0.717) is 12.1 Å². The summed E-state index contributed by atoms with van der Waals surface area (Å²) in [5.74, 6) is -0.621. The third-order valence-electron chi connectivity index (χ3n) is 3.11. The van der Waals surface area contributed by atoms with E-state index in [1.54, 1.807) is 36.2 Å². The van der Waals surface area contributed by atoms with Crippen molar-refractivity contribution in [1.29, 1.82) is 0 Å². The molecule has 1 amide bonds. The van der Waals surface area contributed by atoms with E-state index in [2.05, 4.69) is 6.92 Å². The largest absolute Gasteiger partial charge is 0.452 e. The van der Waals surface area contributed by atoms with Gasteiger partial charge in [-0.1, -0.05) is 44.4 Å². The van der Waals surface area contributed by atoms with Gasteiger partial charge < -0.3 is 9.64 Å². The van der Waals surface area contributed by atoms with E-state index < -0.39 is 5.97 Å². The monoisotopic (exact) mass is 277 g/mol. The van der Waals surface area contributed by atoms with E-state index in [9.17, 15) is 9.59 Å². The molecule has 0 N–H and O–H groups in total. The first kappa shape index (κ1) is 16.2. The molecule has 0 unspecified atom stereocenters. The normalized spacial score (nSPS) is 10.1. The Hall–Kier alpha value is -1.84. The molecule has 0 saturated heterocycles. The molecule has 1 rings (SSSR count). The quantitative estimate of drug-likeness (QED) is 0.542. The number of hydrogen-bond acceptors (Lipinski definition) is 3. The lowest BCUT2D eigenvalue weighted by Crippen LogP contribution is -2.32. The van der Waals surface area contributed by atoms with Crippen LogP contribution in [0.3, 0.4) is 0 Å². The van der Waals surface area contributed by atoms with Crippen LogP contribution in [-0.2, 0) is 9.53 Å². The second-order valence-electron chi connectivity index (χ2n) is 4.82. The van der Waals surface area contributed by atoms with Crippen molar-refractivity contribution >= 4 is 11.9 Å². The molecule has 1 aromatic carbocycles. The van der Waals surface area contributed by atoms with Crippen LogP contribution in [0.2, 0.25) is 0 Å². The Morgan fingerprint density at radius 3 is 2.45 bits per heavy atom. The van der Waals surface area contributed by atoms with E-state index in [4.69, 9.17) is 4.74 Å². The third-order valence-corrected chi connectivity index (χ3v) is 3.11. The summed E-state index contributed by atoms with van der Waals surface area (Å²) in [4.78, 5) is 25.1. The second-order valence-corrected chi connectivity index (χ2v) is 4.82. The van der Waals surface area contributed by atoms with Gasteiger partial charge in [0.2, 0.25) is 0 Å². The molecule has 0 bridgehead atoms. The SMILES string of the molecule is CCCCCCN(C)C(=O)COC(=O)c1ccccc1. The van der Waals surface area contributed by atoms with E-state index in [0.717, 1.165) is 12.8 Å². The number of unbranched alkanes of at least 4 members (excludes halogenated alkanes) is 3. The zero-order valence-electron chi connectivity index (χ0n) is 12.3. The van der Waals surface area contributed by atoms with Gasteiger partial charge in [-0.15, -0.1) is 0 Å². The van der Waals surface area contributed by atoms with Crippen molar-refractivity contribution in [1.82, 2.24) is 4.90 Å². The van der Waals surface area contributed by atoms with Gasteiger partial charge >= 0.3 is 5.97 Å². The highest BCUT2D eigenvalue weighted by molar-refractivity contribution is 5.91. The first-order valence-electron chi connectivity index (χ1n) is 7.11. The number of amides is 1. The lowest BCUT2D eigenvalue weighted by atomic mass is 10.2. The van der Waals surface area contributed by atoms with Crippen LogP contribution in [0.5, 0.6) is 0 Å². The van der Waals surface area contributed by atoms with Gasteiger partial charge in [-0.3, -0.25) is 4.79 Å². The molecule has 0 atom stereocenters. The van der Waals surface area contributed by atoms with Crippen molar-refractivity contribution < 1.29 is 14.3 Å². The number of carbonyl (C=O) groups is 2. The van der Waals surface area contributed by atoms with Crippen molar-refractivity contribution in [2.75, 3.05) is 20.2 Å². The number of esters is 1. The molecule has 0 aliphatic heterocycles. The van der Waals surface area contributed by atoms with Gasteiger partial charge in [0.25, 0.3) is 5.91 Å². The number of likely N-dealkylation sites (N-methyl/N-ethyl adjacent to an activating group) is 1. The molecule has 0 heterocycles. The molecule has 0 saturated carbocycles. The maximum atomic E-state index is 11.8. The molecule has 4 heteroatoms. The molecular formula is C16H23NO3. The van der Waals surface area contributed by atoms with E-state index in [1.165, 1.54) is 12.8 Å². The van der Waals surface area contributed by atoms with Gasteiger partial charge in [-0.2, -0.15) is 0 Å². The maximum absolute atomic E-state index is 11.8. The summed E-state index contributed by atoms with van der Waals surface area (Å²) in [6, 6.07) is 8.69. The number of carbonyl (C=O) groups excluding carboxylic acids is 2. The van der Waals surface area contributed by atoms with Crippen molar-refractivity contribution in [3.63, 3.8) is 0 Å². The molecule has 0 radical (unpaired) electrons. The molecular weight excluding hydrogens is 254 g/mol. The molecule has 0 aromatic heterocycles. The molecule has 1 aromatic rings. The lowest BCUT2D eigenvalue weighted by Gasteiger charge is -2.16. The zero-order chi connectivity index (χ0) is 14.8. The Morgan fingerprint density at radius 2 is 1.80 bits per heavy atom. The van der Waals surface area contributed by atoms with Crippen LogP contribution in [0.4, 0.5) is 0 Å². The first-order chi connectivity index (χ1) is 9.65. The minimum absolute atomic E-state index is 0.161. The highest BCUT2D eigenvalue weighted by atomic mass is 16.5. The van der Waals surface area contributed by atoms with Crippen molar-refractivity contribution in [2.24, 2.45) is 0 Å². The Labute approximate surface area is 120 Å². The first-order valence-corrected chi connectivity index (χ1v) is 7.11. The number of benzene rings is 1. The molecule has 0 fully saturated rings. The molecule has 20 heavy (non-hydrogen) atoms. The van der Waals surface area contributed by atoms with Crippen LogP contribution in [0.15, 0.2) is 30.3 Å². The molecule has 110 valence electrons. The minimum atomic E-state index is -0.460. The minimum Gasteiger partial charge on any atom is -0.452 e. The van der Waals surface area contributed by atoms with Gasteiger partial charge in [0.1, 0.15) is 0 Å². The molecule has 0 spiro atoms. The Morgan fingerprint density at radius 1 is 1.10 bits per heavy atom. The fourth-order valence-corrected chi connectivity index (χ4v) is 1.80. The fraction of sp³-hybridized carbons (Fsp3) is 0.500. The van der Waals surface area contributed by atoms with E-state index in [1.807, 2.05) is 6.07 Å². The maximum Gasteiger partial charge on any atom is 0.338 e. The number of hydrogen-bond donors (Lipinski definition) is 0. The van der Waals surface area contributed by atoms with Gasteiger partial charge in [-0.25, -0.2) is 4.79 Å². The Bertz CT molecular complexity index is 417. The van der Waals surface area contributed by atoms with Crippen LogP contribution in [0, 0.1) is 0 Å². The summed E-state index contributed by atoms with van der Waals surface area (Å²) in [6.45, 7) is 2.66. The van der Waals surface area contributed by atoms with Crippen LogP contribution >= 0.6 is 0 Å². The number of ether oxygens (including phenoxy) is 1. The highest BCUT2D eigenvalue weighted by Gasteiger charge is 2.12. The van der Waals surface area contributed by atoms with Gasteiger partial charge in [0.15, 0.2) is 6.61 Å². The van der Waals surface area contributed by atoms with Gasteiger partial charge in [-0.05, 0) is 18.6 Å². The predicted molar refractivity (Wildman–Crippen MR) is 78.5 cm³/mol. The zero-order valence-corrected chi connectivity index (χ0v) is 12.3. The molecule has 0 aliphatic rings. The lowest BCUT2D eigenvalue weighted by molar-refractivity contribution is -0.133. The summed E-state index contributed by atoms with van der Waals surface area (Å²) in [6.07, 6.45) is 4.47. The smallest absolute Gasteiger partial charge is 0.338 e. The Kier molecular flexibility index (Phi) is 7.40. The van der Waals surface area contributed by atoms with Crippen LogP contribution < -0.4 is 0 Å². The van der Waals surface area contributed by atoms with Crippen molar-refractivity contribution in [3.8, 4) is 0 Å².